The van der Waals surface area contributed by atoms with E-state index in [4.69, 9.17) is 34.8 Å². The van der Waals surface area contributed by atoms with Gasteiger partial charge in [0.15, 0.2) is 0 Å². The van der Waals surface area contributed by atoms with Gasteiger partial charge in [-0.05, 0) is 36.3 Å². The Balaban J connectivity index is 2.92. The van der Waals surface area contributed by atoms with Crippen LogP contribution in [0.25, 0.3) is 0 Å². The Labute approximate surface area is 126 Å². The van der Waals surface area contributed by atoms with Gasteiger partial charge in [0.2, 0.25) is 0 Å². The molecule has 1 aromatic carbocycles. The van der Waals surface area contributed by atoms with Crippen molar-refractivity contribution in [3.05, 3.63) is 33.8 Å². The van der Waals surface area contributed by atoms with Gasteiger partial charge < -0.3 is 0 Å². The molecule has 1 aromatic rings. The molecule has 3 heteroatoms. The molecule has 1 unspecified atom stereocenters. The summed E-state index contributed by atoms with van der Waals surface area (Å²) in [5.74, 6) is 0.673. The lowest BCUT2D eigenvalue weighted by atomic mass is 9.77. The monoisotopic (exact) mass is 306 g/mol. The van der Waals surface area contributed by atoms with Crippen LogP contribution in [-0.4, -0.2) is 5.88 Å². The predicted octanol–water partition coefficient (Wildman–Crippen LogP) is 6.36. The molecule has 0 aliphatic rings. The minimum atomic E-state index is 0.145. The Hall–Kier alpha value is 0.0900. The van der Waals surface area contributed by atoms with Crippen LogP contribution in [0.2, 0.25) is 10.0 Å². The van der Waals surface area contributed by atoms with Crippen LogP contribution in [0.4, 0.5) is 0 Å². The second-order valence-electron chi connectivity index (χ2n) is 4.98. The fourth-order valence-corrected chi connectivity index (χ4v) is 3.04. The molecule has 0 bridgehead atoms. The highest BCUT2D eigenvalue weighted by Crippen LogP contribution is 2.37. The average molecular weight is 308 g/mol. The van der Waals surface area contributed by atoms with Gasteiger partial charge in [-0.3, -0.25) is 0 Å². The van der Waals surface area contributed by atoms with Gasteiger partial charge in [0.05, 0.1) is 10.0 Å². The molecule has 0 heterocycles. The van der Waals surface area contributed by atoms with Crippen molar-refractivity contribution >= 4 is 34.8 Å². The Morgan fingerprint density at radius 2 is 1.89 bits per heavy atom. The number of benzene rings is 1. The summed E-state index contributed by atoms with van der Waals surface area (Å²) in [4.78, 5) is 0. The molecule has 1 atom stereocenters. The molecular weight excluding hydrogens is 287 g/mol. The zero-order valence-electron chi connectivity index (χ0n) is 11.1. The Bertz CT molecular complexity index is 370. The lowest BCUT2D eigenvalue weighted by Gasteiger charge is -2.31. The van der Waals surface area contributed by atoms with Crippen molar-refractivity contribution in [1.82, 2.24) is 0 Å². The highest BCUT2D eigenvalue weighted by atomic mass is 35.5. The highest BCUT2D eigenvalue weighted by molar-refractivity contribution is 6.42. The van der Waals surface area contributed by atoms with Crippen LogP contribution in [0.15, 0.2) is 18.2 Å². The zero-order chi connectivity index (χ0) is 13.6. The van der Waals surface area contributed by atoms with E-state index in [0.29, 0.717) is 15.9 Å². The van der Waals surface area contributed by atoms with Crippen LogP contribution in [-0.2, 0) is 6.42 Å². The molecule has 0 fully saturated rings. The lowest BCUT2D eigenvalue weighted by molar-refractivity contribution is 0.279. The standard InChI is InChI=1S/C15H21Cl3/c1-3-5-9-15(4-2,11-16)10-12-7-6-8-13(17)14(12)18/h6-8H,3-5,9-11H2,1-2H3. The number of rotatable bonds is 7. The largest absolute Gasteiger partial charge is 0.126 e. The number of halogens is 3. The summed E-state index contributed by atoms with van der Waals surface area (Å²) in [5, 5.41) is 1.31. The molecule has 0 saturated carbocycles. The molecule has 18 heavy (non-hydrogen) atoms. The molecule has 0 saturated heterocycles. The SMILES string of the molecule is CCCCC(CC)(CCl)Cc1cccc(Cl)c1Cl. The second kappa shape index (κ2) is 7.62. The summed E-state index contributed by atoms with van der Waals surface area (Å²) >= 11 is 18.6. The van der Waals surface area contributed by atoms with E-state index >= 15 is 0 Å². The van der Waals surface area contributed by atoms with Crippen molar-refractivity contribution in [1.29, 1.82) is 0 Å². The third-order valence-corrected chi connectivity index (χ3v) is 5.12. The minimum absolute atomic E-state index is 0.145. The Kier molecular flexibility index (Phi) is 6.84. The zero-order valence-corrected chi connectivity index (χ0v) is 13.4. The van der Waals surface area contributed by atoms with Crippen molar-refractivity contribution in [2.75, 3.05) is 5.88 Å². The van der Waals surface area contributed by atoms with Crippen molar-refractivity contribution in [2.24, 2.45) is 5.41 Å². The average Bonchev–Trinajstić information content (AvgIpc) is 2.40. The third kappa shape index (κ3) is 4.05. The van der Waals surface area contributed by atoms with Crippen LogP contribution >= 0.6 is 34.8 Å². The topological polar surface area (TPSA) is 0 Å². The first kappa shape index (κ1) is 16.1. The van der Waals surface area contributed by atoms with Crippen LogP contribution in [0.3, 0.4) is 0 Å². The summed E-state index contributed by atoms with van der Waals surface area (Å²) in [6.45, 7) is 4.41. The van der Waals surface area contributed by atoms with Crippen molar-refractivity contribution < 1.29 is 0 Å². The van der Waals surface area contributed by atoms with Gasteiger partial charge in [-0.2, -0.15) is 0 Å². The van der Waals surface area contributed by atoms with Gasteiger partial charge in [-0.25, -0.2) is 0 Å². The number of hydrogen-bond donors (Lipinski definition) is 0. The van der Waals surface area contributed by atoms with E-state index in [1.807, 2.05) is 12.1 Å². The molecule has 0 spiro atoms. The van der Waals surface area contributed by atoms with E-state index < -0.39 is 0 Å². The molecular formula is C15H21Cl3. The quantitative estimate of drug-likeness (QED) is 0.514. The molecule has 0 radical (unpaired) electrons. The maximum atomic E-state index is 6.27. The summed E-state index contributed by atoms with van der Waals surface area (Å²) in [6, 6.07) is 5.84. The van der Waals surface area contributed by atoms with E-state index in [2.05, 4.69) is 19.9 Å². The van der Waals surface area contributed by atoms with Crippen LogP contribution in [0.1, 0.15) is 45.1 Å². The summed E-state index contributed by atoms with van der Waals surface area (Å²) in [6.07, 6.45) is 5.53. The second-order valence-corrected chi connectivity index (χ2v) is 6.03. The molecule has 1 rings (SSSR count). The van der Waals surface area contributed by atoms with Crippen LogP contribution in [0.5, 0.6) is 0 Å². The first-order chi connectivity index (χ1) is 8.58. The van der Waals surface area contributed by atoms with E-state index in [9.17, 15) is 0 Å². The highest BCUT2D eigenvalue weighted by Gasteiger charge is 2.28. The van der Waals surface area contributed by atoms with Gasteiger partial charge in [0.1, 0.15) is 0 Å². The Morgan fingerprint density at radius 3 is 2.44 bits per heavy atom. The van der Waals surface area contributed by atoms with Gasteiger partial charge in [-0.15, -0.1) is 11.6 Å². The smallest absolute Gasteiger partial charge is 0.0624 e. The van der Waals surface area contributed by atoms with Crippen LogP contribution < -0.4 is 0 Å². The predicted molar refractivity (Wildman–Crippen MR) is 83.1 cm³/mol. The van der Waals surface area contributed by atoms with Crippen molar-refractivity contribution in [3.63, 3.8) is 0 Å². The summed E-state index contributed by atoms with van der Waals surface area (Å²) in [7, 11) is 0. The molecule has 0 aliphatic carbocycles. The summed E-state index contributed by atoms with van der Waals surface area (Å²) < 4.78 is 0. The summed E-state index contributed by atoms with van der Waals surface area (Å²) in [5.41, 5.74) is 1.26. The number of alkyl halides is 1. The maximum Gasteiger partial charge on any atom is 0.0624 e. The fourth-order valence-electron chi connectivity index (χ4n) is 2.24. The van der Waals surface area contributed by atoms with E-state index in [0.717, 1.165) is 24.8 Å². The fraction of sp³-hybridized carbons (Fsp3) is 0.600. The first-order valence-corrected chi connectivity index (χ1v) is 7.86. The molecule has 102 valence electrons. The van der Waals surface area contributed by atoms with E-state index in [-0.39, 0.29) is 5.41 Å². The van der Waals surface area contributed by atoms with Crippen molar-refractivity contribution in [2.45, 2.75) is 46.0 Å². The normalized spacial score (nSPS) is 14.5. The molecule has 0 amide bonds. The Morgan fingerprint density at radius 1 is 1.17 bits per heavy atom. The van der Waals surface area contributed by atoms with Gasteiger partial charge in [0.25, 0.3) is 0 Å². The maximum absolute atomic E-state index is 6.27. The van der Waals surface area contributed by atoms with Gasteiger partial charge >= 0.3 is 0 Å². The van der Waals surface area contributed by atoms with Crippen LogP contribution in [0, 0.1) is 5.41 Å². The molecule has 0 aromatic heterocycles. The van der Waals surface area contributed by atoms with Gasteiger partial charge in [0, 0.05) is 5.88 Å². The third-order valence-electron chi connectivity index (χ3n) is 3.69. The molecule has 0 nitrogen and oxygen atoms in total. The molecule has 0 aliphatic heterocycles. The first-order valence-electron chi connectivity index (χ1n) is 6.57. The van der Waals surface area contributed by atoms with Gasteiger partial charge in [-0.1, -0.05) is 62.0 Å². The minimum Gasteiger partial charge on any atom is -0.126 e. The lowest BCUT2D eigenvalue weighted by Crippen LogP contribution is -2.25. The van der Waals surface area contributed by atoms with Crippen molar-refractivity contribution in [3.8, 4) is 0 Å². The molecule has 0 N–H and O–H groups in total. The van der Waals surface area contributed by atoms with E-state index in [1.165, 1.54) is 12.8 Å². The number of unbranched alkanes of at least 4 members (excludes halogenated alkanes) is 1. The van der Waals surface area contributed by atoms with E-state index in [1.54, 1.807) is 0 Å². The number of hydrogen-bond acceptors (Lipinski definition) is 0.